The molecule has 0 heterocycles. The molecule has 0 radical (unpaired) electrons. The van der Waals surface area contributed by atoms with Crippen LogP contribution in [0.5, 0.6) is 0 Å². The third kappa shape index (κ3) is 3.22. The molecule has 2 aliphatic carbocycles. The average molecular weight is 325 g/mol. The largest absolute Gasteiger partial charge is 0.205 e. The van der Waals surface area contributed by atoms with Crippen LogP contribution in [-0.4, -0.2) is 0 Å². The van der Waals surface area contributed by atoms with Crippen LogP contribution < -0.4 is 0 Å². The fourth-order valence-corrected chi connectivity index (χ4v) is 4.60. The Labute approximate surface area is 136 Å². The molecule has 2 fully saturated rings. The van der Waals surface area contributed by atoms with Crippen molar-refractivity contribution in [2.24, 2.45) is 17.8 Å². The second-order valence-corrected chi connectivity index (χ2v) is 7.31. The molecule has 1 aromatic carbocycles. The molecular weight excluding hydrogens is 302 g/mol. The molecule has 4 atom stereocenters. The lowest BCUT2D eigenvalue weighted by Crippen LogP contribution is -2.30. The number of halogens is 3. The van der Waals surface area contributed by atoms with Gasteiger partial charge in [0.2, 0.25) is 0 Å². The van der Waals surface area contributed by atoms with E-state index in [1.165, 1.54) is 37.8 Å². The first-order valence-corrected chi connectivity index (χ1v) is 8.73. The van der Waals surface area contributed by atoms with Gasteiger partial charge in [0, 0.05) is 0 Å². The first-order valence-electron chi connectivity index (χ1n) is 8.35. The van der Waals surface area contributed by atoms with Crippen molar-refractivity contribution in [2.45, 2.75) is 51.4 Å². The van der Waals surface area contributed by atoms with E-state index in [0.29, 0.717) is 5.92 Å². The molecule has 1 aromatic rings. The summed E-state index contributed by atoms with van der Waals surface area (Å²) in [5.74, 6) is 1.25. The monoisotopic (exact) mass is 324 g/mol. The zero-order valence-electron chi connectivity index (χ0n) is 13.0. The van der Waals surface area contributed by atoms with Gasteiger partial charge in [0.05, 0.1) is 0 Å². The van der Waals surface area contributed by atoms with Gasteiger partial charge in [-0.3, -0.25) is 0 Å². The van der Waals surface area contributed by atoms with E-state index in [1.54, 1.807) is 0 Å². The molecule has 2 aliphatic rings. The van der Waals surface area contributed by atoms with Crippen molar-refractivity contribution in [1.82, 2.24) is 0 Å². The van der Waals surface area contributed by atoms with Gasteiger partial charge in [-0.05, 0) is 86.8 Å². The molecule has 3 rings (SSSR count). The number of allylic oxidation sites excluding steroid dienone is 2. The van der Waals surface area contributed by atoms with Crippen LogP contribution in [0.3, 0.4) is 0 Å². The second-order valence-electron chi connectivity index (χ2n) is 6.93. The summed E-state index contributed by atoms with van der Waals surface area (Å²) in [5, 5.41) is -0.385. The predicted octanol–water partition coefficient (Wildman–Crippen LogP) is 6.49. The summed E-state index contributed by atoms with van der Waals surface area (Å²) in [5.41, 5.74) is 0.786. The highest BCUT2D eigenvalue weighted by Crippen LogP contribution is 2.48. The lowest BCUT2D eigenvalue weighted by atomic mass is 9.64. The maximum atomic E-state index is 13.7. The lowest BCUT2D eigenvalue weighted by molar-refractivity contribution is 0.133. The van der Waals surface area contributed by atoms with Gasteiger partial charge in [0.25, 0.3) is 0 Å². The van der Waals surface area contributed by atoms with Crippen LogP contribution in [0.4, 0.5) is 8.78 Å². The van der Waals surface area contributed by atoms with Crippen LogP contribution in [0, 0.1) is 29.4 Å². The highest BCUT2D eigenvalue weighted by Gasteiger charge is 2.35. The van der Waals surface area contributed by atoms with Gasteiger partial charge in [-0.25, -0.2) is 8.78 Å². The minimum atomic E-state index is -0.629. The molecule has 0 aliphatic heterocycles. The van der Waals surface area contributed by atoms with Gasteiger partial charge in [0.15, 0.2) is 0 Å². The molecule has 0 saturated heterocycles. The minimum absolute atomic E-state index is 0.279. The molecule has 120 valence electrons. The summed E-state index contributed by atoms with van der Waals surface area (Å²) in [4.78, 5) is 0. The second kappa shape index (κ2) is 6.70. The molecule has 0 spiro atoms. The fourth-order valence-electron chi connectivity index (χ4n) is 4.49. The van der Waals surface area contributed by atoms with E-state index in [1.807, 2.05) is 0 Å². The van der Waals surface area contributed by atoms with Gasteiger partial charge < -0.3 is 0 Å². The minimum Gasteiger partial charge on any atom is -0.205 e. The molecule has 0 aromatic heterocycles. The summed E-state index contributed by atoms with van der Waals surface area (Å²) >= 11 is 5.59. The maximum Gasteiger partial charge on any atom is 0.145 e. The Hall–Kier alpha value is -0.890. The van der Waals surface area contributed by atoms with Gasteiger partial charge in [-0.2, -0.15) is 0 Å². The van der Waals surface area contributed by atoms with Crippen LogP contribution in [-0.2, 0) is 0 Å². The number of fused-ring (bicyclic) bond motifs is 1. The van der Waals surface area contributed by atoms with Crippen molar-refractivity contribution in [1.29, 1.82) is 0 Å². The zero-order valence-corrected chi connectivity index (χ0v) is 13.8. The van der Waals surface area contributed by atoms with E-state index in [2.05, 4.69) is 19.1 Å². The van der Waals surface area contributed by atoms with E-state index in [4.69, 9.17) is 11.6 Å². The predicted molar refractivity (Wildman–Crippen MR) is 87.1 cm³/mol. The van der Waals surface area contributed by atoms with E-state index in [-0.39, 0.29) is 10.9 Å². The van der Waals surface area contributed by atoms with Crippen LogP contribution >= 0.6 is 11.6 Å². The smallest absolute Gasteiger partial charge is 0.145 e. The van der Waals surface area contributed by atoms with Gasteiger partial charge in [-0.1, -0.05) is 23.8 Å². The van der Waals surface area contributed by atoms with E-state index < -0.39 is 11.6 Å². The van der Waals surface area contributed by atoms with Crippen molar-refractivity contribution >= 4 is 11.6 Å². The number of hydrogen-bond acceptors (Lipinski definition) is 0. The average Bonchev–Trinajstić information content (AvgIpc) is 2.52. The van der Waals surface area contributed by atoms with Gasteiger partial charge in [-0.15, -0.1) is 0 Å². The number of hydrogen-bond donors (Lipinski definition) is 0. The standard InChI is InChI=1S/C19H23ClF2/c1-2-3-12-4-5-14-9-15(7-6-13(14)8-12)16-10-17(21)19(20)18(22)11-16/h2-3,10-15H,4-9H2,1H3/t12-,13-,14-,15?/m1/s1. The number of benzene rings is 1. The SMILES string of the molecule is CC=C[C@@H]1CC[C@@H]2CC(c3cc(F)c(Cl)c(F)c3)CC[C@@H]2C1. The van der Waals surface area contributed by atoms with Crippen molar-refractivity contribution in [3.05, 3.63) is 46.5 Å². The van der Waals surface area contributed by atoms with Crippen molar-refractivity contribution in [2.75, 3.05) is 0 Å². The van der Waals surface area contributed by atoms with Gasteiger partial charge in [0.1, 0.15) is 16.7 Å². The van der Waals surface area contributed by atoms with Crippen molar-refractivity contribution in [3.63, 3.8) is 0 Å². The lowest BCUT2D eigenvalue weighted by Gasteiger charge is -2.41. The van der Waals surface area contributed by atoms with Crippen molar-refractivity contribution < 1.29 is 8.78 Å². The Balaban J connectivity index is 1.70. The topological polar surface area (TPSA) is 0 Å². The maximum absolute atomic E-state index is 13.7. The van der Waals surface area contributed by atoms with Gasteiger partial charge >= 0.3 is 0 Å². The third-order valence-corrected chi connectivity index (χ3v) is 5.96. The molecule has 22 heavy (non-hydrogen) atoms. The quantitative estimate of drug-likeness (QED) is 0.430. The zero-order chi connectivity index (χ0) is 15.7. The molecule has 0 bridgehead atoms. The summed E-state index contributed by atoms with van der Waals surface area (Å²) in [6.07, 6.45) is 11.6. The van der Waals surface area contributed by atoms with Crippen molar-refractivity contribution in [3.8, 4) is 0 Å². The van der Waals surface area contributed by atoms with Crippen LogP contribution in [0.15, 0.2) is 24.3 Å². The highest BCUT2D eigenvalue weighted by atomic mass is 35.5. The Bertz CT molecular complexity index is 544. The Morgan fingerprint density at radius 1 is 1.00 bits per heavy atom. The first-order chi connectivity index (χ1) is 10.6. The molecular formula is C19H23ClF2. The molecule has 2 saturated carbocycles. The first kappa shape index (κ1) is 16.0. The molecule has 1 unspecified atom stereocenters. The Morgan fingerprint density at radius 3 is 2.32 bits per heavy atom. The molecule has 0 nitrogen and oxygen atoms in total. The summed E-state index contributed by atoms with van der Waals surface area (Å²) < 4.78 is 27.4. The Kier molecular flexibility index (Phi) is 4.87. The summed E-state index contributed by atoms with van der Waals surface area (Å²) in [7, 11) is 0. The highest BCUT2D eigenvalue weighted by molar-refractivity contribution is 6.30. The normalized spacial score (nSPS) is 32.2. The van der Waals surface area contributed by atoms with E-state index in [9.17, 15) is 8.78 Å². The van der Waals surface area contributed by atoms with Crippen LogP contribution in [0.2, 0.25) is 5.02 Å². The summed E-state index contributed by atoms with van der Waals surface area (Å²) in [6.45, 7) is 2.09. The summed E-state index contributed by atoms with van der Waals surface area (Å²) in [6, 6.07) is 2.86. The van der Waals surface area contributed by atoms with E-state index in [0.717, 1.165) is 30.2 Å². The van der Waals surface area contributed by atoms with Crippen LogP contribution in [0.25, 0.3) is 0 Å². The molecule has 0 amide bonds. The number of rotatable bonds is 2. The molecule has 0 N–H and O–H groups in total. The Morgan fingerprint density at radius 2 is 1.64 bits per heavy atom. The van der Waals surface area contributed by atoms with Crippen LogP contribution in [0.1, 0.15) is 56.9 Å². The fraction of sp³-hybridized carbons (Fsp3) is 0.579. The molecule has 3 heteroatoms. The van der Waals surface area contributed by atoms with E-state index >= 15 is 0 Å². The third-order valence-electron chi connectivity index (χ3n) is 5.60.